The van der Waals surface area contributed by atoms with Crippen LogP contribution in [0.2, 0.25) is 0 Å². The highest BCUT2D eigenvalue weighted by atomic mass is 16.6. The van der Waals surface area contributed by atoms with Crippen molar-refractivity contribution in [2.24, 2.45) is 5.92 Å². The van der Waals surface area contributed by atoms with Crippen molar-refractivity contribution < 1.29 is 58.3 Å². The number of carboxylic acids is 1. The number of carboxylic acid groups (broad SMARTS) is 1. The van der Waals surface area contributed by atoms with E-state index in [1.165, 1.54) is 218 Å². The lowest BCUT2D eigenvalue weighted by Gasteiger charge is -2.18. The summed E-state index contributed by atoms with van der Waals surface area (Å²) in [7, 11) is 0. The van der Waals surface area contributed by atoms with Gasteiger partial charge in [0.15, 0.2) is 0 Å². The number of hydrogen-bond acceptors (Lipinski definition) is 11. The van der Waals surface area contributed by atoms with Crippen molar-refractivity contribution >= 4 is 35.9 Å². The van der Waals surface area contributed by atoms with Gasteiger partial charge in [0, 0.05) is 57.3 Å². The first-order valence-corrected chi connectivity index (χ1v) is 50.9. The summed E-state index contributed by atoms with van der Waals surface area (Å²) < 4.78 is 17.8. The second kappa shape index (κ2) is 95.2. The molecule has 0 aromatic heterocycles. The zero-order valence-corrected chi connectivity index (χ0v) is 77.6. The van der Waals surface area contributed by atoms with E-state index in [2.05, 4.69) is 78.0 Å². The first-order valence-electron chi connectivity index (χ1n) is 50.9. The summed E-state index contributed by atoms with van der Waals surface area (Å²) in [5.41, 5.74) is 0. The molecule has 0 bridgehead atoms. The van der Waals surface area contributed by atoms with Crippen LogP contribution >= 0.6 is 0 Å². The smallest absolute Gasteiger partial charge is 0.306 e. The number of carbonyl (C=O) groups is 6. The summed E-state index contributed by atoms with van der Waals surface area (Å²) in [6.07, 6.45) is 101. The molecule has 0 amide bonds. The average Bonchev–Trinajstić information content (AvgIpc) is 1.04. The predicted molar refractivity (Wildman–Crippen MR) is 495 cm³/mol. The van der Waals surface area contributed by atoms with Crippen LogP contribution in [0.3, 0.4) is 0 Å². The third kappa shape index (κ3) is 89.6. The molecule has 6 atom stereocenters. The van der Waals surface area contributed by atoms with Gasteiger partial charge in [-0.25, -0.2) is 0 Å². The maximum absolute atomic E-state index is 13.2. The summed E-state index contributed by atoms with van der Waals surface area (Å²) in [6.45, 7) is 13.3. The Balaban J connectivity index is 0. The fourth-order valence-corrected chi connectivity index (χ4v) is 15.9. The Morgan fingerprint density at radius 2 is 0.491 bits per heavy atom. The Morgan fingerprint density at radius 1 is 0.241 bits per heavy atom. The molecule has 0 spiro atoms. The van der Waals surface area contributed by atoms with E-state index in [-0.39, 0.29) is 60.8 Å². The Labute approximate surface area is 718 Å². The van der Waals surface area contributed by atoms with Gasteiger partial charge in [0.1, 0.15) is 30.4 Å². The number of aliphatic hydroxyl groups excluding tert-OH is 2. The molecule has 0 heterocycles. The van der Waals surface area contributed by atoms with Gasteiger partial charge in [0.2, 0.25) is 0 Å². The zero-order valence-electron chi connectivity index (χ0n) is 77.6. The zero-order chi connectivity index (χ0) is 85.0. The molecule has 3 N–H and O–H groups in total. The number of ether oxygens (including phenoxy) is 3. The van der Waals surface area contributed by atoms with E-state index >= 15 is 0 Å². The number of aliphatic carboxylic acids is 1. The molecule has 0 saturated carbocycles. The van der Waals surface area contributed by atoms with Crippen molar-refractivity contribution in [3.05, 3.63) is 36.5 Å². The summed E-state index contributed by atoms with van der Waals surface area (Å²) in [5.74, 6) is 0.0184. The van der Waals surface area contributed by atoms with Crippen LogP contribution in [-0.2, 0) is 43.0 Å². The molecule has 0 aliphatic rings. The molecule has 6 unspecified atom stereocenters. The van der Waals surface area contributed by atoms with Crippen LogP contribution in [-0.4, -0.2) is 81.8 Å². The van der Waals surface area contributed by atoms with Crippen LogP contribution in [0.15, 0.2) is 36.5 Å². The first-order chi connectivity index (χ1) is 56.8. The van der Waals surface area contributed by atoms with Crippen LogP contribution < -0.4 is 0 Å². The lowest BCUT2D eigenvalue weighted by Crippen LogP contribution is -2.18. The number of ketones is 1. The molecular formula is C104H194O12. The number of Topliss-reactive ketones (excluding diaryl/α,β-unsaturated/α-hetero) is 1. The van der Waals surface area contributed by atoms with E-state index < -0.39 is 5.97 Å². The highest BCUT2D eigenvalue weighted by molar-refractivity contribution is 5.80. The lowest BCUT2D eigenvalue weighted by atomic mass is 9.88. The largest absolute Gasteiger partial charge is 0.481 e. The monoisotopic (exact) mass is 1640 g/mol. The molecule has 12 nitrogen and oxygen atoms in total. The van der Waals surface area contributed by atoms with E-state index in [9.17, 15) is 39.0 Å². The molecule has 682 valence electrons. The van der Waals surface area contributed by atoms with Gasteiger partial charge in [-0.3, -0.25) is 24.0 Å². The van der Waals surface area contributed by atoms with Gasteiger partial charge in [-0.1, -0.05) is 386 Å². The highest BCUT2D eigenvalue weighted by Gasteiger charge is 2.20. The fourth-order valence-electron chi connectivity index (χ4n) is 15.9. The Kier molecular flexibility index (Phi) is 93.9. The molecule has 0 aliphatic carbocycles. The molecule has 0 fully saturated rings. The number of allylic oxidation sites excluding steroid dienone is 3. The first kappa shape index (κ1) is 114. The summed E-state index contributed by atoms with van der Waals surface area (Å²) in [6, 6.07) is 0. The molecule has 116 heavy (non-hydrogen) atoms. The predicted octanol–water partition coefficient (Wildman–Crippen LogP) is 31.9. The average molecular weight is 1640 g/mol. The molecule has 0 aromatic carbocycles. The van der Waals surface area contributed by atoms with Gasteiger partial charge in [-0.2, -0.15) is 0 Å². The van der Waals surface area contributed by atoms with E-state index in [0.717, 1.165) is 270 Å². The van der Waals surface area contributed by atoms with Crippen molar-refractivity contribution in [3.8, 4) is 0 Å². The van der Waals surface area contributed by atoms with Crippen LogP contribution in [0, 0.1) is 5.92 Å². The third-order valence-corrected chi connectivity index (χ3v) is 23.6. The van der Waals surface area contributed by atoms with Gasteiger partial charge >= 0.3 is 23.9 Å². The van der Waals surface area contributed by atoms with Gasteiger partial charge < -0.3 is 34.3 Å². The number of aliphatic hydroxyl groups is 2. The topological polar surface area (TPSA) is 191 Å². The van der Waals surface area contributed by atoms with Gasteiger partial charge in [0.25, 0.3) is 0 Å². The lowest BCUT2D eigenvalue weighted by molar-refractivity contribution is -0.150. The SMILES string of the molecule is CCCCCCC(O)C/C=C/CCCCCCCC(=O)OC(C/C=C/CCCCCCCC(=O)OC(C/C=C/CCCCCCCC(=O)O)CCCC)CCCCCC.CCCCCCC(O)CCCCCCCCCCC(=O)C(CCCCCC)CCCCCCCCCCC(=O)OC(CCCC)CCCCCCCCCCC=O. The second-order valence-corrected chi connectivity index (χ2v) is 35.2. The molecule has 0 radical (unpaired) electrons. The van der Waals surface area contributed by atoms with Crippen molar-refractivity contribution in [2.75, 3.05) is 0 Å². The van der Waals surface area contributed by atoms with Gasteiger partial charge in [-0.15, -0.1) is 0 Å². The maximum Gasteiger partial charge on any atom is 0.306 e. The van der Waals surface area contributed by atoms with Gasteiger partial charge in [0.05, 0.1) is 12.2 Å². The Morgan fingerprint density at radius 3 is 0.845 bits per heavy atom. The minimum absolute atomic E-state index is 0.00707. The Bertz CT molecular complexity index is 2170. The van der Waals surface area contributed by atoms with Crippen LogP contribution in [0.1, 0.15) is 555 Å². The highest BCUT2D eigenvalue weighted by Crippen LogP contribution is 2.26. The summed E-state index contributed by atoms with van der Waals surface area (Å²) in [4.78, 5) is 72.2. The second-order valence-electron chi connectivity index (χ2n) is 35.2. The number of carbonyl (C=O) groups excluding carboxylic acids is 5. The molecule has 12 heteroatoms. The van der Waals surface area contributed by atoms with Gasteiger partial charge in [-0.05, 0) is 154 Å². The fraction of sp³-hybridized carbons (Fsp3) is 0.885. The maximum atomic E-state index is 13.2. The minimum Gasteiger partial charge on any atom is -0.481 e. The number of esters is 3. The van der Waals surface area contributed by atoms with Crippen LogP contribution in [0.5, 0.6) is 0 Å². The molecular weight excluding hydrogens is 1440 g/mol. The van der Waals surface area contributed by atoms with Crippen LogP contribution in [0.4, 0.5) is 0 Å². The molecule has 0 saturated heterocycles. The number of aldehydes is 1. The van der Waals surface area contributed by atoms with Crippen LogP contribution in [0.25, 0.3) is 0 Å². The van der Waals surface area contributed by atoms with E-state index in [1.54, 1.807) is 0 Å². The molecule has 0 aliphatic heterocycles. The van der Waals surface area contributed by atoms with Crippen molar-refractivity contribution in [3.63, 3.8) is 0 Å². The minimum atomic E-state index is -0.706. The van der Waals surface area contributed by atoms with E-state index in [0.29, 0.717) is 31.5 Å². The summed E-state index contributed by atoms with van der Waals surface area (Å²) in [5, 5.41) is 29.0. The molecule has 0 rings (SSSR count). The normalized spacial score (nSPS) is 13.3. The quantitative estimate of drug-likeness (QED) is 0.0172. The van der Waals surface area contributed by atoms with E-state index in [1.807, 2.05) is 0 Å². The van der Waals surface area contributed by atoms with Crippen molar-refractivity contribution in [1.29, 1.82) is 0 Å². The standard InChI is InChI=1S/C52H94O7.C52H100O5/c1-4-7-10-30-38-47(53)39-31-24-18-12-16-22-28-37-46-52(57)59-49(41-32-11-8-5-2)43-34-26-20-14-17-23-29-36-45-51(56)58-48(40-9-6-3)42-33-25-19-13-15-21-27-35-44-50(54)55;1-4-7-10-31-39-48(51(55)45-36-28-22-16-15-20-26-34-42-49(54)41-33-11-8-5-2)40-32-25-19-14-17-23-29-37-46-52(56)57-50(43-9-6-3)44-35-27-21-13-12-18-24-30-38-47-53/h24-26,31,33-34,47-49,53H,4-23,27-30,32,35-46H2,1-3H3,(H,54,55);47-50,54H,4-46H2,1-3H3/b31-24+,33-25+,34-26+;. The van der Waals surface area contributed by atoms with Crippen molar-refractivity contribution in [2.45, 2.75) is 586 Å². The van der Waals surface area contributed by atoms with Crippen molar-refractivity contribution in [1.82, 2.24) is 0 Å². The number of hydrogen-bond donors (Lipinski definition) is 3. The summed E-state index contributed by atoms with van der Waals surface area (Å²) >= 11 is 0. The number of rotatable bonds is 93. The van der Waals surface area contributed by atoms with E-state index in [4.69, 9.17) is 19.3 Å². The Hall–Kier alpha value is -3.64. The number of unbranched alkanes of at least 4 members (excludes halogenated alkanes) is 51. The molecule has 0 aromatic rings. The third-order valence-electron chi connectivity index (χ3n) is 23.6.